The van der Waals surface area contributed by atoms with Crippen LogP contribution in [0.3, 0.4) is 0 Å². The molecule has 1 aromatic rings. The summed E-state index contributed by atoms with van der Waals surface area (Å²) in [4.78, 5) is 0. The number of rotatable bonds is 3. The van der Waals surface area contributed by atoms with Gasteiger partial charge in [-0.2, -0.15) is 0 Å². The molecule has 0 aromatic heterocycles. The van der Waals surface area contributed by atoms with Crippen LogP contribution in [0, 0.1) is 5.92 Å². The standard InChI is InChI=1S/C14H19Cl/c1-2-11-7-9-13(10-8-11)14(15)12-5-3-4-6-12/h7-10,12,14H,2-6H2,1H3. The van der Waals surface area contributed by atoms with Crippen LogP contribution in [-0.2, 0) is 6.42 Å². The summed E-state index contributed by atoms with van der Waals surface area (Å²) in [5.74, 6) is 0.708. The fraction of sp³-hybridized carbons (Fsp3) is 0.571. The summed E-state index contributed by atoms with van der Waals surface area (Å²) in [6, 6.07) is 8.82. The molecule has 1 aliphatic rings. The van der Waals surface area contributed by atoms with Gasteiger partial charge >= 0.3 is 0 Å². The summed E-state index contributed by atoms with van der Waals surface area (Å²) < 4.78 is 0. The van der Waals surface area contributed by atoms with Crippen molar-refractivity contribution in [3.63, 3.8) is 0 Å². The normalized spacial score (nSPS) is 19.3. The highest BCUT2D eigenvalue weighted by atomic mass is 35.5. The van der Waals surface area contributed by atoms with Crippen molar-refractivity contribution in [1.29, 1.82) is 0 Å². The SMILES string of the molecule is CCc1ccc(C(Cl)C2CCCC2)cc1. The van der Waals surface area contributed by atoms with Gasteiger partial charge in [-0.3, -0.25) is 0 Å². The molecule has 0 N–H and O–H groups in total. The van der Waals surface area contributed by atoms with Gasteiger partial charge in [-0.1, -0.05) is 44.0 Å². The lowest BCUT2D eigenvalue weighted by Crippen LogP contribution is -2.03. The first kappa shape index (κ1) is 11.0. The molecular weight excluding hydrogens is 204 g/mol. The number of halogens is 1. The molecule has 0 aliphatic heterocycles. The van der Waals surface area contributed by atoms with E-state index >= 15 is 0 Å². The maximum absolute atomic E-state index is 6.51. The first-order valence-corrected chi connectivity index (χ1v) is 6.48. The molecule has 1 fully saturated rings. The van der Waals surface area contributed by atoms with Gasteiger partial charge in [0, 0.05) is 0 Å². The van der Waals surface area contributed by atoms with E-state index in [9.17, 15) is 0 Å². The maximum Gasteiger partial charge on any atom is 0.0613 e. The fourth-order valence-electron chi connectivity index (χ4n) is 2.46. The molecule has 0 heterocycles. The van der Waals surface area contributed by atoms with E-state index in [1.54, 1.807) is 0 Å². The smallest absolute Gasteiger partial charge is 0.0613 e. The number of hydrogen-bond donors (Lipinski definition) is 0. The molecule has 0 radical (unpaired) electrons. The van der Waals surface area contributed by atoms with E-state index in [2.05, 4.69) is 31.2 Å². The van der Waals surface area contributed by atoms with E-state index in [1.165, 1.54) is 36.8 Å². The van der Waals surface area contributed by atoms with Gasteiger partial charge in [-0.05, 0) is 36.3 Å². The van der Waals surface area contributed by atoms with Crippen LogP contribution in [-0.4, -0.2) is 0 Å². The highest BCUT2D eigenvalue weighted by Crippen LogP contribution is 2.39. The van der Waals surface area contributed by atoms with E-state index < -0.39 is 0 Å². The summed E-state index contributed by atoms with van der Waals surface area (Å²) in [7, 11) is 0. The Kier molecular flexibility index (Phi) is 3.69. The van der Waals surface area contributed by atoms with Crippen molar-refractivity contribution in [2.75, 3.05) is 0 Å². The van der Waals surface area contributed by atoms with Crippen LogP contribution in [0.4, 0.5) is 0 Å². The highest BCUT2D eigenvalue weighted by molar-refractivity contribution is 6.21. The Labute approximate surface area is 97.6 Å². The third-order valence-electron chi connectivity index (χ3n) is 3.52. The van der Waals surface area contributed by atoms with Gasteiger partial charge < -0.3 is 0 Å². The quantitative estimate of drug-likeness (QED) is 0.650. The van der Waals surface area contributed by atoms with Gasteiger partial charge in [-0.25, -0.2) is 0 Å². The molecule has 1 aromatic carbocycles. The van der Waals surface area contributed by atoms with Gasteiger partial charge in [0.1, 0.15) is 0 Å². The summed E-state index contributed by atoms with van der Waals surface area (Å²) in [6.07, 6.45) is 6.45. The van der Waals surface area contributed by atoms with Crippen molar-refractivity contribution in [3.8, 4) is 0 Å². The summed E-state index contributed by atoms with van der Waals surface area (Å²) >= 11 is 6.51. The van der Waals surface area contributed by atoms with Gasteiger partial charge in [0.2, 0.25) is 0 Å². The van der Waals surface area contributed by atoms with E-state index in [0.29, 0.717) is 5.92 Å². The lowest BCUT2D eigenvalue weighted by Gasteiger charge is -2.17. The number of aryl methyl sites for hydroxylation is 1. The van der Waals surface area contributed by atoms with E-state index in [-0.39, 0.29) is 5.38 Å². The molecule has 0 saturated heterocycles. The average Bonchev–Trinajstić information content (AvgIpc) is 2.82. The zero-order chi connectivity index (χ0) is 10.7. The van der Waals surface area contributed by atoms with Gasteiger partial charge in [-0.15, -0.1) is 11.6 Å². The Bertz CT molecular complexity index is 296. The van der Waals surface area contributed by atoms with E-state index in [0.717, 1.165) is 6.42 Å². The lowest BCUT2D eigenvalue weighted by atomic mass is 9.96. The summed E-state index contributed by atoms with van der Waals surface area (Å²) in [6.45, 7) is 2.18. The topological polar surface area (TPSA) is 0 Å². The molecule has 15 heavy (non-hydrogen) atoms. The van der Waals surface area contributed by atoms with Crippen LogP contribution in [0.2, 0.25) is 0 Å². The van der Waals surface area contributed by atoms with Crippen molar-refractivity contribution >= 4 is 11.6 Å². The minimum atomic E-state index is 0.235. The monoisotopic (exact) mass is 222 g/mol. The average molecular weight is 223 g/mol. The van der Waals surface area contributed by atoms with E-state index in [1.807, 2.05) is 0 Å². The van der Waals surface area contributed by atoms with Crippen molar-refractivity contribution in [3.05, 3.63) is 35.4 Å². The number of benzene rings is 1. The molecular formula is C14H19Cl. The summed E-state index contributed by atoms with van der Waals surface area (Å²) in [5.41, 5.74) is 2.70. The molecule has 1 heteroatoms. The third kappa shape index (κ3) is 2.55. The largest absolute Gasteiger partial charge is 0.118 e. The molecule has 82 valence electrons. The Hall–Kier alpha value is -0.490. The predicted molar refractivity (Wildman–Crippen MR) is 66.4 cm³/mol. The van der Waals surface area contributed by atoms with Crippen molar-refractivity contribution < 1.29 is 0 Å². The van der Waals surface area contributed by atoms with Crippen LogP contribution in [0.5, 0.6) is 0 Å². The lowest BCUT2D eigenvalue weighted by molar-refractivity contribution is 0.529. The Morgan fingerprint density at radius 2 is 1.80 bits per heavy atom. The van der Waals surface area contributed by atoms with Crippen LogP contribution in [0.1, 0.15) is 49.1 Å². The minimum absolute atomic E-state index is 0.235. The van der Waals surface area contributed by atoms with Gasteiger partial charge in [0.05, 0.1) is 5.38 Å². The number of hydrogen-bond acceptors (Lipinski definition) is 0. The Morgan fingerprint density at radius 1 is 1.20 bits per heavy atom. The first-order chi connectivity index (χ1) is 7.31. The second kappa shape index (κ2) is 5.03. The Balaban J connectivity index is 2.07. The predicted octanol–water partition coefficient (Wildman–Crippen LogP) is 4.72. The van der Waals surface area contributed by atoms with Crippen molar-refractivity contribution in [1.82, 2.24) is 0 Å². The molecule has 2 rings (SSSR count). The van der Waals surface area contributed by atoms with Crippen molar-refractivity contribution in [2.45, 2.75) is 44.4 Å². The second-order valence-electron chi connectivity index (χ2n) is 4.54. The van der Waals surface area contributed by atoms with Gasteiger partial charge in [0.15, 0.2) is 0 Å². The molecule has 1 saturated carbocycles. The molecule has 1 atom stereocenters. The summed E-state index contributed by atoms with van der Waals surface area (Å²) in [5, 5.41) is 0.235. The van der Waals surface area contributed by atoms with Crippen LogP contribution >= 0.6 is 11.6 Å². The molecule has 1 unspecified atom stereocenters. The second-order valence-corrected chi connectivity index (χ2v) is 5.01. The third-order valence-corrected chi connectivity index (χ3v) is 4.13. The fourth-order valence-corrected chi connectivity index (χ4v) is 2.86. The molecule has 0 spiro atoms. The highest BCUT2D eigenvalue weighted by Gasteiger charge is 2.24. The van der Waals surface area contributed by atoms with Crippen LogP contribution in [0.15, 0.2) is 24.3 Å². The van der Waals surface area contributed by atoms with Gasteiger partial charge in [0.25, 0.3) is 0 Å². The van der Waals surface area contributed by atoms with Crippen LogP contribution < -0.4 is 0 Å². The molecule has 1 aliphatic carbocycles. The first-order valence-electron chi connectivity index (χ1n) is 6.04. The zero-order valence-corrected chi connectivity index (χ0v) is 10.1. The zero-order valence-electron chi connectivity index (χ0n) is 9.38. The Morgan fingerprint density at radius 3 is 2.33 bits per heavy atom. The van der Waals surface area contributed by atoms with Crippen molar-refractivity contribution in [2.24, 2.45) is 5.92 Å². The number of alkyl halides is 1. The van der Waals surface area contributed by atoms with E-state index in [4.69, 9.17) is 11.6 Å². The maximum atomic E-state index is 6.51. The minimum Gasteiger partial charge on any atom is -0.118 e. The van der Waals surface area contributed by atoms with Crippen LogP contribution in [0.25, 0.3) is 0 Å². The molecule has 0 bridgehead atoms. The molecule has 0 nitrogen and oxygen atoms in total. The molecule has 0 amide bonds.